The number of hydrogen-bond acceptors (Lipinski definition) is 2. The van der Waals surface area contributed by atoms with Crippen molar-refractivity contribution in [1.29, 1.82) is 0 Å². The van der Waals surface area contributed by atoms with E-state index in [1.54, 1.807) is 12.4 Å². The van der Waals surface area contributed by atoms with Crippen molar-refractivity contribution in [3.05, 3.63) is 53.8 Å². The number of hydrogen-bond donors (Lipinski definition) is 0. The Morgan fingerprint density at radius 1 is 1.24 bits per heavy atom. The molecule has 0 aromatic heterocycles. The number of benzene rings is 1. The minimum absolute atomic E-state index is 0.157. The molecular weight excluding hydrogens is 208 g/mol. The normalized spacial score (nSPS) is 11.9. The summed E-state index contributed by atoms with van der Waals surface area (Å²) in [6, 6.07) is 9.89. The molecule has 0 bridgehead atoms. The molecule has 0 saturated carbocycles. The molecule has 0 saturated heterocycles. The summed E-state index contributed by atoms with van der Waals surface area (Å²) in [6.45, 7) is 9.74. The lowest BCUT2D eigenvalue weighted by molar-refractivity contribution is 0.642. The zero-order valence-corrected chi connectivity index (χ0v) is 10.6. The summed E-state index contributed by atoms with van der Waals surface area (Å²) < 4.78 is 0. The van der Waals surface area contributed by atoms with E-state index in [-0.39, 0.29) is 5.41 Å². The van der Waals surface area contributed by atoms with Crippen LogP contribution in [0.5, 0.6) is 0 Å². The molecule has 0 aliphatic carbocycles. The zero-order chi connectivity index (χ0) is 12.7. The Bertz CT molecular complexity index is 461. The van der Waals surface area contributed by atoms with Gasteiger partial charge in [-0.3, -0.25) is 0 Å². The van der Waals surface area contributed by atoms with Crippen molar-refractivity contribution in [2.45, 2.75) is 20.8 Å². The van der Waals surface area contributed by atoms with Gasteiger partial charge in [0.1, 0.15) is 0 Å². The first-order chi connectivity index (χ1) is 8.06. The van der Waals surface area contributed by atoms with Gasteiger partial charge < -0.3 is 0 Å². The van der Waals surface area contributed by atoms with Gasteiger partial charge in [0.05, 0.1) is 6.21 Å². The van der Waals surface area contributed by atoms with Gasteiger partial charge >= 0.3 is 0 Å². The fourth-order valence-corrected chi connectivity index (χ4v) is 1.14. The molecule has 0 unspecified atom stereocenters. The fourth-order valence-electron chi connectivity index (χ4n) is 1.14. The lowest BCUT2D eigenvalue weighted by Gasteiger charge is -2.17. The van der Waals surface area contributed by atoms with Crippen LogP contribution in [0.25, 0.3) is 0 Å². The molecular formula is C15H18N2. The van der Waals surface area contributed by atoms with Gasteiger partial charge in [-0.1, -0.05) is 50.8 Å². The standard InChI is InChI=1S/C15H18N2/c1-5-13(2)15(3,4)12-17-16-11-14-9-7-6-8-10-14/h6-12H,1H2,2-4H3/b16-11+,17-12+. The van der Waals surface area contributed by atoms with Crippen LogP contribution in [-0.2, 0) is 0 Å². The minimum atomic E-state index is -0.157. The molecule has 0 heterocycles. The molecule has 1 aromatic rings. The fraction of sp³-hybridized carbons (Fsp3) is 0.267. The molecule has 17 heavy (non-hydrogen) atoms. The zero-order valence-electron chi connectivity index (χ0n) is 10.6. The molecule has 0 N–H and O–H groups in total. The largest absolute Gasteiger partial charge is 0.163 e. The van der Waals surface area contributed by atoms with Crippen LogP contribution in [-0.4, -0.2) is 12.4 Å². The van der Waals surface area contributed by atoms with Crippen LogP contribution in [0.15, 0.2) is 58.4 Å². The molecule has 0 aliphatic rings. The Kier molecular flexibility index (Phi) is 4.62. The van der Waals surface area contributed by atoms with Crippen molar-refractivity contribution >= 4 is 12.4 Å². The molecule has 0 aliphatic heterocycles. The van der Waals surface area contributed by atoms with E-state index in [9.17, 15) is 0 Å². The van der Waals surface area contributed by atoms with E-state index in [0.29, 0.717) is 0 Å². The molecule has 0 spiro atoms. The van der Waals surface area contributed by atoms with Crippen LogP contribution in [0.3, 0.4) is 0 Å². The van der Waals surface area contributed by atoms with E-state index in [4.69, 9.17) is 0 Å². The van der Waals surface area contributed by atoms with Gasteiger partial charge in [0.2, 0.25) is 0 Å². The summed E-state index contributed by atoms with van der Waals surface area (Å²) >= 11 is 0. The predicted molar refractivity (Wildman–Crippen MR) is 74.6 cm³/mol. The van der Waals surface area contributed by atoms with E-state index < -0.39 is 0 Å². The highest BCUT2D eigenvalue weighted by Gasteiger charge is 2.16. The van der Waals surface area contributed by atoms with Gasteiger partial charge in [0, 0.05) is 11.6 Å². The SMILES string of the molecule is C=C=C(C)C(C)(C)/C=N/N=C/c1ccccc1. The Morgan fingerprint density at radius 2 is 1.88 bits per heavy atom. The summed E-state index contributed by atoms with van der Waals surface area (Å²) in [6.07, 6.45) is 3.54. The number of rotatable bonds is 4. The lowest BCUT2D eigenvalue weighted by Crippen LogP contribution is -2.13. The second kappa shape index (κ2) is 5.97. The van der Waals surface area contributed by atoms with Crippen molar-refractivity contribution in [2.24, 2.45) is 15.6 Å². The summed E-state index contributed by atoms with van der Waals surface area (Å²) in [5.74, 6) is 0. The molecule has 0 fully saturated rings. The van der Waals surface area contributed by atoms with E-state index in [0.717, 1.165) is 11.1 Å². The first-order valence-electron chi connectivity index (χ1n) is 5.56. The average molecular weight is 226 g/mol. The molecule has 1 aromatic carbocycles. The first-order valence-corrected chi connectivity index (χ1v) is 5.56. The highest BCUT2D eigenvalue weighted by molar-refractivity contribution is 5.80. The summed E-state index contributed by atoms with van der Waals surface area (Å²) in [4.78, 5) is 0. The van der Waals surface area contributed by atoms with Gasteiger partial charge in [-0.05, 0) is 18.1 Å². The molecule has 0 amide bonds. The summed E-state index contributed by atoms with van der Waals surface area (Å²) in [5, 5.41) is 8.09. The lowest BCUT2D eigenvalue weighted by atomic mass is 9.87. The smallest absolute Gasteiger partial charge is 0.0567 e. The predicted octanol–water partition coefficient (Wildman–Crippen LogP) is 3.85. The van der Waals surface area contributed by atoms with Crippen molar-refractivity contribution in [2.75, 3.05) is 0 Å². The van der Waals surface area contributed by atoms with Gasteiger partial charge in [-0.2, -0.15) is 10.2 Å². The van der Waals surface area contributed by atoms with Crippen molar-refractivity contribution < 1.29 is 0 Å². The van der Waals surface area contributed by atoms with Crippen molar-refractivity contribution in [3.63, 3.8) is 0 Å². The minimum Gasteiger partial charge on any atom is -0.163 e. The maximum atomic E-state index is 4.06. The van der Waals surface area contributed by atoms with Gasteiger partial charge in [-0.25, -0.2) is 0 Å². The Labute approximate surface area is 103 Å². The van der Waals surface area contributed by atoms with Gasteiger partial charge in [-0.15, -0.1) is 5.73 Å². The van der Waals surface area contributed by atoms with Gasteiger partial charge in [0.15, 0.2) is 0 Å². The Morgan fingerprint density at radius 3 is 2.47 bits per heavy atom. The molecule has 2 nitrogen and oxygen atoms in total. The van der Waals surface area contributed by atoms with Crippen molar-refractivity contribution in [1.82, 2.24) is 0 Å². The Hall–Kier alpha value is -1.92. The van der Waals surface area contributed by atoms with Gasteiger partial charge in [0.25, 0.3) is 0 Å². The first kappa shape index (κ1) is 13.1. The third-order valence-corrected chi connectivity index (χ3v) is 2.69. The second-order valence-corrected chi connectivity index (χ2v) is 4.42. The van der Waals surface area contributed by atoms with E-state index in [1.165, 1.54) is 0 Å². The maximum absolute atomic E-state index is 4.06. The molecule has 1 rings (SSSR count). The topological polar surface area (TPSA) is 24.7 Å². The van der Waals surface area contributed by atoms with E-state index in [1.807, 2.05) is 37.3 Å². The summed E-state index contributed by atoms with van der Waals surface area (Å²) in [7, 11) is 0. The number of nitrogens with zero attached hydrogens (tertiary/aromatic N) is 2. The highest BCUT2D eigenvalue weighted by Crippen LogP contribution is 2.21. The molecule has 0 atom stereocenters. The molecule has 2 heteroatoms. The monoisotopic (exact) mass is 226 g/mol. The van der Waals surface area contributed by atoms with E-state index in [2.05, 4.69) is 36.4 Å². The quantitative estimate of drug-likeness (QED) is 0.423. The highest BCUT2D eigenvalue weighted by atomic mass is 15.2. The third-order valence-electron chi connectivity index (χ3n) is 2.69. The van der Waals surface area contributed by atoms with Crippen LogP contribution < -0.4 is 0 Å². The van der Waals surface area contributed by atoms with Crippen LogP contribution in [0.2, 0.25) is 0 Å². The van der Waals surface area contributed by atoms with Crippen LogP contribution in [0.1, 0.15) is 26.3 Å². The number of allylic oxidation sites excluding steroid dienone is 1. The Balaban J connectivity index is 2.68. The van der Waals surface area contributed by atoms with Crippen LogP contribution >= 0.6 is 0 Å². The molecule has 0 radical (unpaired) electrons. The third kappa shape index (κ3) is 4.21. The summed E-state index contributed by atoms with van der Waals surface area (Å²) in [5.41, 5.74) is 4.82. The van der Waals surface area contributed by atoms with Crippen molar-refractivity contribution in [3.8, 4) is 0 Å². The maximum Gasteiger partial charge on any atom is 0.0567 e. The average Bonchev–Trinajstić information content (AvgIpc) is 2.35. The molecule has 88 valence electrons. The van der Waals surface area contributed by atoms with Crippen LogP contribution in [0, 0.1) is 5.41 Å². The van der Waals surface area contributed by atoms with Crippen LogP contribution in [0.4, 0.5) is 0 Å². The van der Waals surface area contributed by atoms with E-state index >= 15 is 0 Å². The second-order valence-electron chi connectivity index (χ2n) is 4.42.